The van der Waals surface area contributed by atoms with Crippen LogP contribution in [0.2, 0.25) is 5.02 Å². The first-order valence-electron chi connectivity index (χ1n) is 4.79. The smallest absolute Gasteiger partial charge is 0.0642 e. The topological polar surface area (TPSA) is 29.3 Å². The number of benzene rings is 1. The molecule has 0 saturated heterocycles. The largest absolute Gasteiger partial charge is 0.376 e. The van der Waals surface area contributed by atoms with Crippen LogP contribution in [0.25, 0.3) is 0 Å². The van der Waals surface area contributed by atoms with E-state index < -0.39 is 0 Å². The molecule has 0 aromatic heterocycles. The van der Waals surface area contributed by atoms with Crippen LogP contribution in [0.15, 0.2) is 18.2 Å². The first-order valence-corrected chi connectivity index (χ1v) is 5.17. The highest BCUT2D eigenvalue weighted by Crippen LogP contribution is 2.44. The molecule has 0 aliphatic heterocycles. The van der Waals surface area contributed by atoms with Crippen molar-refractivity contribution in [3.8, 4) is 0 Å². The minimum absolute atomic E-state index is 0.0888. The van der Waals surface area contributed by atoms with Crippen molar-refractivity contribution >= 4 is 17.3 Å². The Hall–Kier alpha value is -0.730. The van der Waals surface area contributed by atoms with Crippen molar-refractivity contribution in [1.82, 2.24) is 0 Å². The highest BCUT2D eigenvalue weighted by Gasteiger charge is 2.40. The highest BCUT2D eigenvalue weighted by atomic mass is 35.5. The van der Waals surface area contributed by atoms with Crippen LogP contribution in [0.1, 0.15) is 18.4 Å². The van der Waals surface area contributed by atoms with Gasteiger partial charge >= 0.3 is 0 Å². The van der Waals surface area contributed by atoms with Crippen LogP contribution in [0.4, 0.5) is 5.69 Å². The molecule has 1 aromatic carbocycles. The quantitative estimate of drug-likeness (QED) is 0.812. The van der Waals surface area contributed by atoms with Crippen LogP contribution in [0.5, 0.6) is 0 Å². The van der Waals surface area contributed by atoms with Gasteiger partial charge in [-0.05, 0) is 30.5 Å². The Balaban J connectivity index is 2.36. The third-order valence-electron chi connectivity index (χ3n) is 2.79. The molecule has 1 aromatic rings. The van der Waals surface area contributed by atoms with Gasteiger partial charge < -0.3 is 10.6 Å². The molecule has 14 heavy (non-hydrogen) atoms. The summed E-state index contributed by atoms with van der Waals surface area (Å²) < 4.78 is 0. The fraction of sp³-hybridized carbons (Fsp3) is 0.455. The van der Waals surface area contributed by atoms with Gasteiger partial charge in [0.1, 0.15) is 0 Å². The van der Waals surface area contributed by atoms with E-state index in [0.717, 1.165) is 29.1 Å². The van der Waals surface area contributed by atoms with E-state index in [1.54, 1.807) is 0 Å². The summed E-state index contributed by atoms with van der Waals surface area (Å²) in [6.07, 6.45) is 2.15. The summed E-state index contributed by atoms with van der Waals surface area (Å²) in [4.78, 5) is 2.00. The van der Waals surface area contributed by atoms with Crippen molar-refractivity contribution < 1.29 is 0 Å². The molecule has 2 rings (SSSR count). The molecule has 0 atom stereocenters. The van der Waals surface area contributed by atoms with Crippen LogP contribution < -0.4 is 10.6 Å². The first-order chi connectivity index (χ1) is 6.53. The Bertz CT molecular complexity index is 356. The van der Waals surface area contributed by atoms with Crippen LogP contribution in [-0.4, -0.2) is 14.1 Å². The maximum Gasteiger partial charge on any atom is 0.0642 e. The minimum Gasteiger partial charge on any atom is -0.376 e. The van der Waals surface area contributed by atoms with E-state index in [1.807, 2.05) is 31.1 Å². The second kappa shape index (κ2) is 3.14. The van der Waals surface area contributed by atoms with Gasteiger partial charge in [0.15, 0.2) is 0 Å². The van der Waals surface area contributed by atoms with Gasteiger partial charge in [0.2, 0.25) is 0 Å². The molecular formula is C11H15ClN2. The minimum atomic E-state index is -0.0888. The predicted octanol–water partition coefficient (Wildman–Crippen LogP) is 2.35. The van der Waals surface area contributed by atoms with E-state index in [1.165, 1.54) is 0 Å². The lowest BCUT2D eigenvalue weighted by molar-refractivity contribution is 0.740. The Morgan fingerprint density at radius 1 is 1.36 bits per heavy atom. The summed E-state index contributed by atoms with van der Waals surface area (Å²) in [5.41, 5.74) is 8.20. The molecule has 0 unspecified atom stereocenters. The molecule has 0 heterocycles. The van der Waals surface area contributed by atoms with Crippen molar-refractivity contribution in [3.05, 3.63) is 28.8 Å². The van der Waals surface area contributed by atoms with Gasteiger partial charge in [-0.2, -0.15) is 0 Å². The van der Waals surface area contributed by atoms with Gasteiger partial charge in [-0.1, -0.05) is 17.7 Å². The molecule has 1 aliphatic rings. The van der Waals surface area contributed by atoms with Gasteiger partial charge in [-0.3, -0.25) is 0 Å². The van der Waals surface area contributed by atoms with E-state index in [9.17, 15) is 0 Å². The summed E-state index contributed by atoms with van der Waals surface area (Å²) in [7, 11) is 3.96. The maximum absolute atomic E-state index is 6.16. The zero-order valence-electron chi connectivity index (χ0n) is 8.55. The molecule has 1 aliphatic carbocycles. The Labute approximate surface area is 89.7 Å². The summed E-state index contributed by atoms with van der Waals surface area (Å²) in [5, 5.41) is 0.782. The summed E-state index contributed by atoms with van der Waals surface area (Å²) in [6, 6.07) is 6.10. The standard InChI is InChI=1S/C11H15ClN2/c1-14(2)10-4-3-8(7-9(10)12)11(13)5-6-11/h3-4,7H,5-6,13H2,1-2H3. The Kier molecular flexibility index (Phi) is 2.20. The molecule has 76 valence electrons. The monoisotopic (exact) mass is 210 g/mol. The van der Waals surface area contributed by atoms with Crippen molar-refractivity contribution in [1.29, 1.82) is 0 Å². The van der Waals surface area contributed by atoms with E-state index in [-0.39, 0.29) is 5.54 Å². The zero-order chi connectivity index (χ0) is 10.3. The predicted molar refractivity (Wildman–Crippen MR) is 60.9 cm³/mol. The van der Waals surface area contributed by atoms with Gasteiger partial charge in [-0.15, -0.1) is 0 Å². The normalized spacial score (nSPS) is 18.0. The van der Waals surface area contributed by atoms with Crippen molar-refractivity contribution in [2.24, 2.45) is 5.73 Å². The molecule has 2 N–H and O–H groups in total. The fourth-order valence-electron chi connectivity index (χ4n) is 1.60. The second-order valence-electron chi connectivity index (χ2n) is 4.22. The van der Waals surface area contributed by atoms with Gasteiger partial charge in [0, 0.05) is 19.6 Å². The Morgan fingerprint density at radius 2 is 2.00 bits per heavy atom. The first kappa shape index (κ1) is 9.81. The maximum atomic E-state index is 6.16. The third kappa shape index (κ3) is 1.60. The van der Waals surface area contributed by atoms with Crippen LogP contribution in [0, 0.1) is 0 Å². The highest BCUT2D eigenvalue weighted by molar-refractivity contribution is 6.33. The number of hydrogen-bond acceptors (Lipinski definition) is 2. The summed E-state index contributed by atoms with van der Waals surface area (Å²) in [6.45, 7) is 0. The number of hydrogen-bond donors (Lipinski definition) is 1. The number of nitrogens with two attached hydrogens (primary N) is 1. The van der Waals surface area contributed by atoms with Crippen molar-refractivity contribution in [3.63, 3.8) is 0 Å². The molecule has 0 amide bonds. The Morgan fingerprint density at radius 3 is 2.43 bits per heavy atom. The third-order valence-corrected chi connectivity index (χ3v) is 3.10. The second-order valence-corrected chi connectivity index (χ2v) is 4.62. The van der Waals surface area contributed by atoms with E-state index >= 15 is 0 Å². The number of anilines is 1. The SMILES string of the molecule is CN(C)c1ccc(C2(N)CC2)cc1Cl. The van der Waals surface area contributed by atoms with Crippen molar-refractivity contribution in [2.75, 3.05) is 19.0 Å². The van der Waals surface area contributed by atoms with Crippen LogP contribution in [0.3, 0.4) is 0 Å². The van der Waals surface area contributed by atoms with Gasteiger partial charge in [0.25, 0.3) is 0 Å². The lowest BCUT2D eigenvalue weighted by Gasteiger charge is -2.17. The van der Waals surface area contributed by atoms with Gasteiger partial charge in [0.05, 0.1) is 10.7 Å². The van der Waals surface area contributed by atoms with Crippen LogP contribution in [-0.2, 0) is 5.54 Å². The summed E-state index contributed by atoms with van der Waals surface area (Å²) in [5.74, 6) is 0. The fourth-order valence-corrected chi connectivity index (χ4v) is 1.95. The molecule has 0 radical (unpaired) electrons. The average Bonchev–Trinajstić information content (AvgIpc) is 2.84. The molecule has 1 fully saturated rings. The number of rotatable bonds is 2. The zero-order valence-corrected chi connectivity index (χ0v) is 9.30. The van der Waals surface area contributed by atoms with E-state index in [2.05, 4.69) is 6.07 Å². The number of nitrogens with zero attached hydrogens (tertiary/aromatic N) is 1. The van der Waals surface area contributed by atoms with E-state index in [0.29, 0.717) is 0 Å². The van der Waals surface area contributed by atoms with Crippen molar-refractivity contribution in [2.45, 2.75) is 18.4 Å². The molecule has 0 spiro atoms. The van der Waals surface area contributed by atoms with Crippen LogP contribution >= 0.6 is 11.6 Å². The molecule has 3 heteroatoms. The van der Waals surface area contributed by atoms with Gasteiger partial charge in [-0.25, -0.2) is 0 Å². The number of halogens is 1. The lowest BCUT2D eigenvalue weighted by atomic mass is 10.1. The molecule has 0 bridgehead atoms. The lowest BCUT2D eigenvalue weighted by Crippen LogP contribution is -2.19. The molecular weight excluding hydrogens is 196 g/mol. The average molecular weight is 211 g/mol. The molecule has 2 nitrogen and oxygen atoms in total. The van der Waals surface area contributed by atoms with E-state index in [4.69, 9.17) is 17.3 Å². The summed E-state index contributed by atoms with van der Waals surface area (Å²) >= 11 is 6.16. The molecule has 1 saturated carbocycles.